The number of nitrogens with one attached hydrogen (secondary N) is 2. The van der Waals surface area contributed by atoms with E-state index in [1.54, 1.807) is 36.4 Å². The summed E-state index contributed by atoms with van der Waals surface area (Å²) in [6, 6.07) is 13.5. The maximum atomic E-state index is 12.4. The zero-order chi connectivity index (χ0) is 17.8. The van der Waals surface area contributed by atoms with Crippen molar-refractivity contribution in [2.24, 2.45) is 4.99 Å². The monoisotopic (exact) mass is 357 g/mol. The molecule has 2 N–H and O–H groups in total. The molecular formula is C18H16ClN3O3. The number of carbonyl (C=O) groups is 2. The summed E-state index contributed by atoms with van der Waals surface area (Å²) < 4.78 is 5.11. The third-order valence-electron chi connectivity index (χ3n) is 3.74. The number of nitrogens with zero attached hydrogens (tertiary/aromatic N) is 1. The van der Waals surface area contributed by atoms with E-state index in [0.717, 1.165) is 5.56 Å². The lowest BCUT2D eigenvalue weighted by atomic mass is 10.0. The van der Waals surface area contributed by atoms with Crippen LogP contribution in [0.15, 0.2) is 53.5 Å². The number of hydrogen-bond acceptors (Lipinski definition) is 4. The van der Waals surface area contributed by atoms with Crippen LogP contribution in [-0.2, 0) is 4.79 Å². The average Bonchev–Trinajstić information content (AvgIpc) is 2.62. The summed E-state index contributed by atoms with van der Waals surface area (Å²) in [7, 11) is 1.53. The van der Waals surface area contributed by atoms with Crippen molar-refractivity contribution in [3.8, 4) is 5.75 Å². The van der Waals surface area contributed by atoms with Crippen molar-refractivity contribution < 1.29 is 14.3 Å². The number of amides is 2. The van der Waals surface area contributed by atoms with Gasteiger partial charge in [0.15, 0.2) is 0 Å². The van der Waals surface area contributed by atoms with Crippen LogP contribution in [0.2, 0.25) is 5.02 Å². The maximum Gasteiger partial charge on any atom is 0.258 e. The Labute approximate surface area is 149 Å². The second kappa shape index (κ2) is 7.36. The molecule has 0 saturated heterocycles. The number of benzene rings is 2. The number of carbonyl (C=O) groups excluding carboxylic acids is 2. The van der Waals surface area contributed by atoms with Crippen LogP contribution in [0.5, 0.6) is 5.75 Å². The Kier molecular flexibility index (Phi) is 5.00. The summed E-state index contributed by atoms with van der Waals surface area (Å²) in [5.41, 5.74) is 1.26. The Balaban J connectivity index is 1.79. The molecule has 7 heteroatoms. The van der Waals surface area contributed by atoms with E-state index in [4.69, 9.17) is 16.3 Å². The van der Waals surface area contributed by atoms with Gasteiger partial charge in [0, 0.05) is 10.6 Å². The normalized spacial score (nSPS) is 16.6. The lowest BCUT2D eigenvalue weighted by Gasteiger charge is -2.21. The molecule has 0 unspecified atom stereocenters. The van der Waals surface area contributed by atoms with Crippen LogP contribution in [0.25, 0.3) is 0 Å². The number of hydrogen-bond donors (Lipinski definition) is 2. The number of guanidine groups is 1. The summed E-state index contributed by atoms with van der Waals surface area (Å²) in [5, 5.41) is 5.81. The van der Waals surface area contributed by atoms with Crippen molar-refractivity contribution in [2.45, 2.75) is 12.5 Å². The molecule has 128 valence electrons. The van der Waals surface area contributed by atoms with Gasteiger partial charge >= 0.3 is 0 Å². The highest BCUT2D eigenvalue weighted by Gasteiger charge is 2.23. The van der Waals surface area contributed by atoms with Crippen molar-refractivity contribution in [1.29, 1.82) is 0 Å². The van der Waals surface area contributed by atoms with Gasteiger partial charge < -0.3 is 4.74 Å². The van der Waals surface area contributed by atoms with Crippen LogP contribution in [0.1, 0.15) is 28.4 Å². The second-order valence-electron chi connectivity index (χ2n) is 5.48. The fraction of sp³-hybridized carbons (Fsp3) is 0.167. The minimum atomic E-state index is -0.380. The molecule has 1 atom stereocenters. The molecule has 0 aromatic heterocycles. The smallest absolute Gasteiger partial charge is 0.258 e. The highest BCUT2D eigenvalue weighted by atomic mass is 35.5. The Hall–Kier alpha value is -2.86. The molecule has 2 aromatic rings. The van der Waals surface area contributed by atoms with Crippen LogP contribution in [0.3, 0.4) is 0 Å². The van der Waals surface area contributed by atoms with E-state index < -0.39 is 0 Å². The fourth-order valence-corrected chi connectivity index (χ4v) is 2.60. The van der Waals surface area contributed by atoms with Crippen LogP contribution < -0.4 is 15.4 Å². The topological polar surface area (TPSA) is 79.8 Å². The van der Waals surface area contributed by atoms with E-state index in [9.17, 15) is 9.59 Å². The van der Waals surface area contributed by atoms with Crippen molar-refractivity contribution in [3.63, 3.8) is 0 Å². The zero-order valence-corrected chi connectivity index (χ0v) is 14.2. The number of methoxy groups -OCH3 is 1. The van der Waals surface area contributed by atoms with E-state index >= 15 is 0 Å². The van der Waals surface area contributed by atoms with Gasteiger partial charge in [-0.25, -0.2) is 4.99 Å². The van der Waals surface area contributed by atoms with Crippen LogP contribution in [-0.4, -0.2) is 24.9 Å². The highest BCUT2D eigenvalue weighted by molar-refractivity contribution is 6.30. The molecule has 2 amide bonds. The van der Waals surface area contributed by atoms with Crippen LogP contribution in [0, 0.1) is 0 Å². The van der Waals surface area contributed by atoms with Crippen molar-refractivity contribution in [1.82, 2.24) is 10.6 Å². The van der Waals surface area contributed by atoms with E-state index in [1.807, 2.05) is 12.1 Å². The molecule has 6 nitrogen and oxygen atoms in total. The van der Waals surface area contributed by atoms with E-state index in [-0.39, 0.29) is 30.2 Å². The molecule has 0 aliphatic carbocycles. The summed E-state index contributed by atoms with van der Waals surface area (Å²) in [5.74, 6) is 0.107. The molecule has 0 saturated carbocycles. The Bertz CT molecular complexity index is 834. The molecule has 3 rings (SSSR count). The average molecular weight is 358 g/mol. The van der Waals surface area contributed by atoms with Gasteiger partial charge in [0.25, 0.3) is 5.91 Å². The second-order valence-corrected chi connectivity index (χ2v) is 5.92. The Morgan fingerprint density at radius 3 is 2.76 bits per heavy atom. The predicted molar refractivity (Wildman–Crippen MR) is 94.8 cm³/mol. The minimum absolute atomic E-state index is 0.129. The lowest BCUT2D eigenvalue weighted by Crippen LogP contribution is -2.47. The predicted octanol–water partition coefficient (Wildman–Crippen LogP) is 2.70. The fourth-order valence-electron chi connectivity index (χ4n) is 2.48. The van der Waals surface area contributed by atoms with Crippen molar-refractivity contribution in [3.05, 3.63) is 64.7 Å². The first-order chi connectivity index (χ1) is 12.0. The molecule has 0 bridgehead atoms. The van der Waals surface area contributed by atoms with Gasteiger partial charge in [-0.15, -0.1) is 0 Å². The van der Waals surface area contributed by atoms with Gasteiger partial charge in [0.05, 0.1) is 19.6 Å². The standard InChI is InChI=1S/C18H16ClN3O3/c1-25-14-4-2-3-12(9-14)17(24)22-18-20-15(10-16(23)21-18)11-5-7-13(19)8-6-11/h2-9,15H,10H2,1H3,(H2,20,21,22,23,24)/t15-/m1/s1. The van der Waals surface area contributed by atoms with Gasteiger partial charge in [-0.3, -0.25) is 20.2 Å². The molecule has 0 fully saturated rings. The molecule has 1 aliphatic heterocycles. The molecule has 1 heterocycles. The summed E-state index contributed by atoms with van der Waals surface area (Å²) in [4.78, 5) is 28.7. The van der Waals surface area contributed by atoms with Crippen LogP contribution in [0.4, 0.5) is 0 Å². The van der Waals surface area contributed by atoms with Gasteiger partial charge in [0.2, 0.25) is 11.9 Å². The van der Waals surface area contributed by atoms with Gasteiger partial charge in [-0.05, 0) is 35.9 Å². The van der Waals surface area contributed by atoms with Crippen molar-refractivity contribution >= 4 is 29.4 Å². The van der Waals surface area contributed by atoms with E-state index in [2.05, 4.69) is 15.6 Å². The number of rotatable bonds is 3. The van der Waals surface area contributed by atoms with Gasteiger partial charge in [-0.1, -0.05) is 29.8 Å². The SMILES string of the molecule is COc1cccc(C(=O)NC2=N[C@@H](c3ccc(Cl)cc3)CC(=O)N2)c1. The molecule has 0 spiro atoms. The first kappa shape index (κ1) is 17.0. The number of halogens is 1. The molecule has 25 heavy (non-hydrogen) atoms. The third kappa shape index (κ3) is 4.16. The summed E-state index contributed by atoms with van der Waals surface area (Å²) >= 11 is 5.89. The minimum Gasteiger partial charge on any atom is -0.497 e. The third-order valence-corrected chi connectivity index (χ3v) is 3.99. The van der Waals surface area contributed by atoms with Crippen LogP contribution >= 0.6 is 11.6 Å². The van der Waals surface area contributed by atoms with Crippen molar-refractivity contribution in [2.75, 3.05) is 7.11 Å². The lowest BCUT2D eigenvalue weighted by molar-refractivity contribution is -0.120. The summed E-state index contributed by atoms with van der Waals surface area (Å²) in [6.45, 7) is 0. The molecule has 0 radical (unpaired) electrons. The first-order valence-electron chi connectivity index (χ1n) is 7.63. The van der Waals surface area contributed by atoms with Gasteiger partial charge in [-0.2, -0.15) is 0 Å². The molecular weight excluding hydrogens is 342 g/mol. The molecule has 2 aromatic carbocycles. The molecule has 1 aliphatic rings. The quantitative estimate of drug-likeness (QED) is 0.886. The van der Waals surface area contributed by atoms with E-state index in [1.165, 1.54) is 7.11 Å². The zero-order valence-electron chi connectivity index (χ0n) is 13.5. The maximum absolute atomic E-state index is 12.4. The summed E-state index contributed by atoms with van der Waals surface area (Å²) in [6.07, 6.45) is 0.208. The number of ether oxygens (including phenoxy) is 1. The van der Waals surface area contributed by atoms with Gasteiger partial charge in [0.1, 0.15) is 5.75 Å². The van der Waals surface area contributed by atoms with E-state index in [0.29, 0.717) is 16.3 Å². The first-order valence-corrected chi connectivity index (χ1v) is 8.01. The number of aliphatic imine (C=N–C) groups is 1. The largest absolute Gasteiger partial charge is 0.497 e. The Morgan fingerprint density at radius 1 is 1.28 bits per heavy atom. The highest BCUT2D eigenvalue weighted by Crippen LogP contribution is 2.24. The Morgan fingerprint density at radius 2 is 2.04 bits per heavy atom.